The summed E-state index contributed by atoms with van der Waals surface area (Å²) in [5, 5.41) is 19.4. The number of phenolic OH excluding ortho intramolecular Hbond substituents is 1. The number of aromatic hydroxyl groups is 1. The molecular weight excluding hydrogens is 290 g/mol. The summed E-state index contributed by atoms with van der Waals surface area (Å²) in [7, 11) is 0. The Morgan fingerprint density at radius 1 is 1.04 bits per heavy atom. The Labute approximate surface area is 136 Å². The van der Waals surface area contributed by atoms with Crippen LogP contribution < -0.4 is 5.73 Å². The number of carbonyl (C=O) groups is 1. The van der Waals surface area contributed by atoms with Crippen molar-refractivity contribution < 1.29 is 15.0 Å². The zero-order valence-electron chi connectivity index (χ0n) is 12.9. The lowest BCUT2D eigenvalue weighted by Gasteiger charge is -2.17. The Kier molecular flexibility index (Phi) is 6.18. The van der Waals surface area contributed by atoms with Gasteiger partial charge in [0.05, 0.1) is 6.10 Å². The van der Waals surface area contributed by atoms with Crippen molar-refractivity contribution in [2.24, 2.45) is 11.7 Å². The van der Waals surface area contributed by atoms with Crippen LogP contribution in [0, 0.1) is 12.3 Å². The third kappa shape index (κ3) is 5.75. The fraction of sp³-hybridized carbons (Fsp3) is 0.263. The largest absolute Gasteiger partial charge is 0.508 e. The first-order valence-corrected chi connectivity index (χ1v) is 7.67. The molecule has 1 amide bonds. The van der Waals surface area contributed by atoms with Gasteiger partial charge in [0, 0.05) is 5.92 Å². The Balaban J connectivity index is 1.88. The number of aliphatic hydroxyl groups is 1. The molecule has 0 saturated carbocycles. The van der Waals surface area contributed by atoms with Crippen LogP contribution in [0.3, 0.4) is 0 Å². The van der Waals surface area contributed by atoms with E-state index < -0.39 is 17.9 Å². The maximum absolute atomic E-state index is 11.6. The molecule has 121 valence electrons. The molecule has 0 saturated heterocycles. The van der Waals surface area contributed by atoms with Gasteiger partial charge in [-0.1, -0.05) is 42.5 Å². The number of hydrogen-bond donors (Lipinski definition) is 3. The molecule has 0 aliphatic heterocycles. The van der Waals surface area contributed by atoms with Crippen molar-refractivity contribution in [1.82, 2.24) is 0 Å². The minimum atomic E-state index is -0.690. The third-order valence-corrected chi connectivity index (χ3v) is 3.82. The first-order valence-electron chi connectivity index (χ1n) is 7.67. The zero-order chi connectivity index (χ0) is 16.7. The predicted molar refractivity (Wildman–Crippen MR) is 89.6 cm³/mol. The maximum Gasteiger partial charge on any atom is 0.220 e. The van der Waals surface area contributed by atoms with Gasteiger partial charge >= 0.3 is 0 Å². The first kappa shape index (κ1) is 17.0. The molecule has 0 aromatic heterocycles. The lowest BCUT2D eigenvalue weighted by atomic mass is 9.91. The van der Waals surface area contributed by atoms with E-state index in [2.05, 4.69) is 0 Å². The molecule has 0 bridgehead atoms. The maximum atomic E-state index is 11.6. The van der Waals surface area contributed by atoms with Crippen molar-refractivity contribution in [3.05, 3.63) is 72.1 Å². The standard InChI is InChI=1S/C19H22NO3/c20-19(23)16(12-15-7-9-17(21)10-8-15)13-18(22)11-6-14-4-2-1-3-5-14/h1-5,7-11,16,18,21-22H,6,12-13H2,(H2,20,23). The molecule has 2 unspecified atom stereocenters. The summed E-state index contributed by atoms with van der Waals surface area (Å²) in [6, 6.07) is 16.5. The Hall–Kier alpha value is -2.33. The number of primary amides is 1. The van der Waals surface area contributed by atoms with Crippen LogP contribution in [0.4, 0.5) is 0 Å². The summed E-state index contributed by atoms with van der Waals surface area (Å²) in [5.74, 6) is -0.688. The Morgan fingerprint density at radius 3 is 2.30 bits per heavy atom. The molecular formula is C19H22NO3. The van der Waals surface area contributed by atoms with Gasteiger partial charge in [0.25, 0.3) is 0 Å². The van der Waals surface area contributed by atoms with E-state index in [1.54, 1.807) is 30.7 Å². The number of benzene rings is 2. The fourth-order valence-corrected chi connectivity index (χ4v) is 2.49. The minimum absolute atomic E-state index is 0.181. The second-order valence-corrected chi connectivity index (χ2v) is 5.70. The molecule has 23 heavy (non-hydrogen) atoms. The van der Waals surface area contributed by atoms with E-state index in [0.29, 0.717) is 19.3 Å². The van der Waals surface area contributed by atoms with Crippen LogP contribution in [0.15, 0.2) is 54.6 Å². The number of hydrogen-bond acceptors (Lipinski definition) is 3. The average Bonchev–Trinajstić information content (AvgIpc) is 2.55. The van der Waals surface area contributed by atoms with Gasteiger partial charge in [-0.15, -0.1) is 0 Å². The van der Waals surface area contributed by atoms with Crippen molar-refractivity contribution in [3.63, 3.8) is 0 Å². The van der Waals surface area contributed by atoms with Crippen molar-refractivity contribution in [3.8, 4) is 5.75 Å². The molecule has 4 N–H and O–H groups in total. The van der Waals surface area contributed by atoms with Gasteiger partial charge < -0.3 is 15.9 Å². The number of amides is 1. The summed E-state index contributed by atoms with van der Waals surface area (Å²) >= 11 is 0. The normalized spacial score (nSPS) is 13.4. The summed E-state index contributed by atoms with van der Waals surface area (Å²) in [6.07, 6.45) is 2.49. The molecule has 2 aromatic carbocycles. The molecule has 2 atom stereocenters. The van der Waals surface area contributed by atoms with Crippen LogP contribution in [-0.2, 0) is 17.6 Å². The van der Waals surface area contributed by atoms with E-state index in [1.807, 2.05) is 30.3 Å². The van der Waals surface area contributed by atoms with Crippen molar-refractivity contribution in [2.75, 3.05) is 0 Å². The summed E-state index contributed by atoms with van der Waals surface area (Å²) in [6.45, 7) is 0. The van der Waals surface area contributed by atoms with E-state index in [0.717, 1.165) is 11.1 Å². The average molecular weight is 312 g/mol. The molecule has 0 aliphatic carbocycles. The lowest BCUT2D eigenvalue weighted by Crippen LogP contribution is -2.29. The topological polar surface area (TPSA) is 83.6 Å². The molecule has 0 spiro atoms. The highest BCUT2D eigenvalue weighted by atomic mass is 16.3. The van der Waals surface area contributed by atoms with E-state index in [4.69, 9.17) is 5.73 Å². The molecule has 0 fully saturated rings. The van der Waals surface area contributed by atoms with E-state index >= 15 is 0 Å². The number of phenols is 1. The fourth-order valence-electron chi connectivity index (χ4n) is 2.49. The minimum Gasteiger partial charge on any atom is -0.508 e. The molecule has 1 radical (unpaired) electrons. The highest BCUT2D eigenvalue weighted by molar-refractivity contribution is 5.77. The van der Waals surface area contributed by atoms with Crippen LogP contribution in [0.5, 0.6) is 5.75 Å². The number of rotatable bonds is 8. The molecule has 2 rings (SSSR count). The van der Waals surface area contributed by atoms with Crippen LogP contribution in [-0.4, -0.2) is 22.2 Å². The summed E-state index contributed by atoms with van der Waals surface area (Å²) in [4.78, 5) is 11.6. The summed E-state index contributed by atoms with van der Waals surface area (Å²) < 4.78 is 0. The van der Waals surface area contributed by atoms with Gasteiger partial charge in [-0.3, -0.25) is 4.79 Å². The molecule has 4 heteroatoms. The number of nitrogens with two attached hydrogens (primary N) is 1. The first-order chi connectivity index (χ1) is 11.0. The number of aliphatic hydroxyl groups excluding tert-OH is 1. The highest BCUT2D eigenvalue weighted by Crippen LogP contribution is 2.18. The van der Waals surface area contributed by atoms with E-state index in [-0.39, 0.29) is 5.75 Å². The van der Waals surface area contributed by atoms with E-state index in [1.165, 1.54) is 0 Å². The van der Waals surface area contributed by atoms with Gasteiger partial charge in [-0.2, -0.15) is 0 Å². The second-order valence-electron chi connectivity index (χ2n) is 5.70. The van der Waals surface area contributed by atoms with Crippen molar-refractivity contribution in [1.29, 1.82) is 0 Å². The van der Waals surface area contributed by atoms with Crippen LogP contribution in [0.25, 0.3) is 0 Å². The Morgan fingerprint density at radius 2 is 1.70 bits per heavy atom. The van der Waals surface area contributed by atoms with Crippen LogP contribution >= 0.6 is 0 Å². The van der Waals surface area contributed by atoms with Gasteiger partial charge in [0.1, 0.15) is 5.75 Å². The molecule has 0 heterocycles. The van der Waals surface area contributed by atoms with Crippen molar-refractivity contribution in [2.45, 2.75) is 25.4 Å². The van der Waals surface area contributed by atoms with Crippen LogP contribution in [0.2, 0.25) is 0 Å². The lowest BCUT2D eigenvalue weighted by molar-refractivity contribution is -0.122. The van der Waals surface area contributed by atoms with E-state index in [9.17, 15) is 15.0 Å². The third-order valence-electron chi connectivity index (χ3n) is 3.82. The number of carbonyl (C=O) groups excluding carboxylic acids is 1. The Bertz CT molecular complexity index is 610. The van der Waals surface area contributed by atoms with Gasteiger partial charge in [0.2, 0.25) is 5.91 Å². The van der Waals surface area contributed by atoms with Gasteiger partial charge in [-0.25, -0.2) is 0 Å². The highest BCUT2D eigenvalue weighted by Gasteiger charge is 2.20. The predicted octanol–water partition coefficient (Wildman–Crippen LogP) is 2.23. The zero-order valence-corrected chi connectivity index (χ0v) is 12.9. The van der Waals surface area contributed by atoms with Crippen molar-refractivity contribution >= 4 is 5.91 Å². The smallest absolute Gasteiger partial charge is 0.220 e. The second kappa shape index (κ2) is 8.34. The molecule has 0 aliphatic rings. The quantitative estimate of drug-likeness (QED) is 0.699. The molecule has 4 nitrogen and oxygen atoms in total. The van der Waals surface area contributed by atoms with Crippen LogP contribution in [0.1, 0.15) is 17.5 Å². The van der Waals surface area contributed by atoms with Gasteiger partial charge in [0.15, 0.2) is 0 Å². The van der Waals surface area contributed by atoms with Gasteiger partial charge in [-0.05, 0) is 48.9 Å². The SMILES string of the molecule is NC(=O)C(Cc1ccc(O)cc1)CC(O)[CH]Cc1ccccc1. The monoisotopic (exact) mass is 312 g/mol. The molecule has 2 aromatic rings. The summed E-state index contributed by atoms with van der Waals surface area (Å²) in [5.41, 5.74) is 7.47.